The van der Waals surface area contributed by atoms with E-state index in [2.05, 4.69) is 6.07 Å². The minimum atomic E-state index is 0.223. The van der Waals surface area contributed by atoms with Crippen LogP contribution in [0.5, 0.6) is 11.5 Å². The summed E-state index contributed by atoms with van der Waals surface area (Å²) in [6.45, 7) is 1.40. The normalized spacial score (nSPS) is 19.5. The van der Waals surface area contributed by atoms with Crippen LogP contribution in [0.15, 0.2) is 12.1 Å². The fourth-order valence-corrected chi connectivity index (χ4v) is 2.21. The van der Waals surface area contributed by atoms with Gasteiger partial charge < -0.3 is 9.47 Å². The molecular formula is C13H12ClNO2. The SMILES string of the molecule is N#CCc1cc2c(cc1Cl)OCC1(CC1)CO2. The third kappa shape index (κ3) is 1.94. The second-order valence-electron chi connectivity index (χ2n) is 4.80. The number of fused-ring (bicyclic) bond motifs is 1. The average molecular weight is 250 g/mol. The second kappa shape index (κ2) is 3.82. The van der Waals surface area contributed by atoms with Crippen LogP contribution in [0.4, 0.5) is 0 Å². The fraction of sp³-hybridized carbons (Fsp3) is 0.462. The molecule has 17 heavy (non-hydrogen) atoms. The summed E-state index contributed by atoms with van der Waals surface area (Å²) in [6.07, 6.45) is 2.63. The van der Waals surface area contributed by atoms with Crippen molar-refractivity contribution >= 4 is 11.6 Å². The van der Waals surface area contributed by atoms with E-state index >= 15 is 0 Å². The molecule has 0 aromatic heterocycles. The molecule has 1 aliphatic carbocycles. The third-order valence-corrected chi connectivity index (χ3v) is 3.76. The van der Waals surface area contributed by atoms with E-state index in [1.54, 1.807) is 6.07 Å². The molecule has 1 saturated carbocycles. The van der Waals surface area contributed by atoms with Gasteiger partial charge in [-0.15, -0.1) is 0 Å². The maximum absolute atomic E-state index is 8.72. The Morgan fingerprint density at radius 3 is 2.47 bits per heavy atom. The number of rotatable bonds is 1. The molecule has 0 N–H and O–H groups in total. The molecule has 2 aliphatic rings. The molecule has 3 nitrogen and oxygen atoms in total. The molecule has 1 spiro atoms. The van der Waals surface area contributed by atoms with Gasteiger partial charge in [0, 0.05) is 16.5 Å². The predicted molar refractivity (Wildman–Crippen MR) is 63.4 cm³/mol. The van der Waals surface area contributed by atoms with E-state index in [1.807, 2.05) is 6.07 Å². The number of benzene rings is 1. The Bertz CT molecular complexity index is 503. The van der Waals surface area contributed by atoms with Gasteiger partial charge in [-0.1, -0.05) is 11.6 Å². The lowest BCUT2D eigenvalue weighted by molar-refractivity contribution is 0.197. The van der Waals surface area contributed by atoms with Crippen molar-refractivity contribution in [1.82, 2.24) is 0 Å². The van der Waals surface area contributed by atoms with Gasteiger partial charge in [0.25, 0.3) is 0 Å². The Hall–Kier alpha value is -1.40. The van der Waals surface area contributed by atoms with Gasteiger partial charge in [0.15, 0.2) is 11.5 Å². The van der Waals surface area contributed by atoms with Crippen molar-refractivity contribution in [3.63, 3.8) is 0 Å². The minimum absolute atomic E-state index is 0.223. The molecule has 0 radical (unpaired) electrons. The summed E-state index contributed by atoms with van der Waals surface area (Å²) in [7, 11) is 0. The van der Waals surface area contributed by atoms with E-state index < -0.39 is 0 Å². The number of halogens is 1. The third-order valence-electron chi connectivity index (χ3n) is 3.41. The van der Waals surface area contributed by atoms with Crippen LogP contribution in [0.3, 0.4) is 0 Å². The van der Waals surface area contributed by atoms with Gasteiger partial charge in [0.2, 0.25) is 0 Å². The molecule has 0 saturated heterocycles. The van der Waals surface area contributed by atoms with Crippen LogP contribution in [-0.4, -0.2) is 13.2 Å². The lowest BCUT2D eigenvalue weighted by atomic mass is 10.1. The summed E-state index contributed by atoms with van der Waals surface area (Å²) in [5, 5.41) is 9.29. The number of nitriles is 1. The van der Waals surface area contributed by atoms with Crippen molar-refractivity contribution in [3.05, 3.63) is 22.7 Å². The molecule has 0 amide bonds. The van der Waals surface area contributed by atoms with Gasteiger partial charge in [-0.05, 0) is 24.5 Å². The van der Waals surface area contributed by atoms with E-state index in [4.69, 9.17) is 26.3 Å². The summed E-state index contributed by atoms with van der Waals surface area (Å²) < 4.78 is 11.5. The molecule has 0 unspecified atom stereocenters. The lowest BCUT2D eigenvalue weighted by Crippen LogP contribution is -2.17. The first-order valence-corrected chi connectivity index (χ1v) is 6.05. The van der Waals surface area contributed by atoms with Crippen molar-refractivity contribution in [2.24, 2.45) is 5.41 Å². The Kier molecular flexibility index (Phi) is 2.41. The van der Waals surface area contributed by atoms with Crippen LogP contribution in [0.1, 0.15) is 18.4 Å². The molecular weight excluding hydrogens is 238 g/mol. The number of ether oxygens (including phenoxy) is 2. The van der Waals surface area contributed by atoms with Gasteiger partial charge in [0.1, 0.15) is 0 Å². The molecule has 0 bridgehead atoms. The molecule has 88 valence electrons. The molecule has 1 heterocycles. The summed E-state index contributed by atoms with van der Waals surface area (Å²) in [5.74, 6) is 1.41. The molecule has 1 aromatic carbocycles. The Balaban J connectivity index is 1.93. The summed E-state index contributed by atoms with van der Waals surface area (Å²) in [6, 6.07) is 5.67. The lowest BCUT2D eigenvalue weighted by Gasteiger charge is -2.09. The molecule has 1 fully saturated rings. The zero-order valence-corrected chi connectivity index (χ0v) is 10.1. The van der Waals surface area contributed by atoms with Gasteiger partial charge in [-0.3, -0.25) is 0 Å². The highest BCUT2D eigenvalue weighted by Crippen LogP contribution is 2.49. The minimum Gasteiger partial charge on any atom is -0.489 e. The van der Waals surface area contributed by atoms with Crippen LogP contribution in [0.25, 0.3) is 0 Å². The highest BCUT2D eigenvalue weighted by atomic mass is 35.5. The second-order valence-corrected chi connectivity index (χ2v) is 5.21. The van der Waals surface area contributed by atoms with Crippen molar-refractivity contribution in [3.8, 4) is 17.6 Å². The van der Waals surface area contributed by atoms with Crippen LogP contribution in [0.2, 0.25) is 5.02 Å². The van der Waals surface area contributed by atoms with Crippen LogP contribution in [-0.2, 0) is 6.42 Å². The van der Waals surface area contributed by atoms with Gasteiger partial charge in [-0.2, -0.15) is 5.26 Å². The van der Waals surface area contributed by atoms with Crippen molar-refractivity contribution in [2.75, 3.05) is 13.2 Å². The molecule has 1 aromatic rings. The number of hydrogen-bond acceptors (Lipinski definition) is 3. The first kappa shape index (κ1) is 10.7. The highest BCUT2D eigenvalue weighted by Gasteiger charge is 2.46. The van der Waals surface area contributed by atoms with Crippen LogP contribution < -0.4 is 9.47 Å². The monoisotopic (exact) mass is 249 g/mol. The molecule has 1 aliphatic heterocycles. The Morgan fingerprint density at radius 1 is 1.24 bits per heavy atom. The van der Waals surface area contributed by atoms with Crippen molar-refractivity contribution < 1.29 is 9.47 Å². The highest BCUT2D eigenvalue weighted by molar-refractivity contribution is 6.31. The summed E-state index contributed by atoms with van der Waals surface area (Å²) in [4.78, 5) is 0. The van der Waals surface area contributed by atoms with Crippen LogP contribution >= 0.6 is 11.6 Å². The largest absolute Gasteiger partial charge is 0.489 e. The molecule has 0 atom stereocenters. The van der Waals surface area contributed by atoms with E-state index in [9.17, 15) is 0 Å². The molecule has 4 heteroatoms. The maximum Gasteiger partial charge on any atom is 0.162 e. The maximum atomic E-state index is 8.72. The zero-order valence-electron chi connectivity index (χ0n) is 9.33. The van der Waals surface area contributed by atoms with Crippen molar-refractivity contribution in [1.29, 1.82) is 5.26 Å². The smallest absolute Gasteiger partial charge is 0.162 e. The van der Waals surface area contributed by atoms with E-state index in [0.29, 0.717) is 36.2 Å². The van der Waals surface area contributed by atoms with E-state index in [-0.39, 0.29) is 5.41 Å². The van der Waals surface area contributed by atoms with E-state index in [1.165, 1.54) is 12.8 Å². The molecule has 3 rings (SSSR count). The Morgan fingerprint density at radius 2 is 1.88 bits per heavy atom. The number of nitrogens with zero attached hydrogens (tertiary/aromatic N) is 1. The summed E-state index contributed by atoms with van der Waals surface area (Å²) in [5.41, 5.74) is 1.02. The van der Waals surface area contributed by atoms with Gasteiger partial charge in [0.05, 0.1) is 25.7 Å². The topological polar surface area (TPSA) is 42.2 Å². The first-order chi connectivity index (χ1) is 8.22. The Labute approximate surface area is 105 Å². The average Bonchev–Trinajstić information content (AvgIpc) is 3.10. The van der Waals surface area contributed by atoms with E-state index in [0.717, 1.165) is 5.56 Å². The predicted octanol–water partition coefficient (Wildman–Crippen LogP) is 2.96. The number of hydrogen-bond donors (Lipinski definition) is 0. The first-order valence-electron chi connectivity index (χ1n) is 5.67. The summed E-state index contributed by atoms with van der Waals surface area (Å²) >= 11 is 6.09. The standard InChI is InChI=1S/C13H12ClNO2/c14-10-6-12-11(5-9(10)1-4-15)16-7-13(2-3-13)8-17-12/h5-6H,1-3,7-8H2. The van der Waals surface area contributed by atoms with Crippen LogP contribution in [0, 0.1) is 16.7 Å². The van der Waals surface area contributed by atoms with Gasteiger partial charge >= 0.3 is 0 Å². The zero-order chi connectivity index (χ0) is 11.9. The van der Waals surface area contributed by atoms with Crippen molar-refractivity contribution in [2.45, 2.75) is 19.3 Å². The quantitative estimate of drug-likeness (QED) is 0.769. The fourth-order valence-electron chi connectivity index (χ4n) is 1.99. The van der Waals surface area contributed by atoms with Gasteiger partial charge in [-0.25, -0.2) is 0 Å².